The summed E-state index contributed by atoms with van der Waals surface area (Å²) in [6.45, 7) is 1.81. The first-order valence-corrected chi connectivity index (χ1v) is 5.78. The first-order chi connectivity index (χ1) is 8.45. The lowest BCUT2D eigenvalue weighted by atomic mass is 10.1. The number of carbonyl (C=O) groups is 1. The number of aryl methyl sites for hydroxylation is 1. The molecule has 0 spiro atoms. The number of aromatic carboxylic acids is 1. The van der Waals surface area contributed by atoms with Gasteiger partial charge in [0.25, 0.3) is 0 Å². The van der Waals surface area contributed by atoms with Crippen LogP contribution in [0.25, 0.3) is 10.9 Å². The number of hydrogen-bond acceptors (Lipinski definition) is 3. The molecule has 0 radical (unpaired) electrons. The van der Waals surface area contributed by atoms with E-state index in [0.29, 0.717) is 21.7 Å². The molecule has 18 heavy (non-hydrogen) atoms. The van der Waals surface area contributed by atoms with Crippen molar-refractivity contribution < 1.29 is 14.6 Å². The van der Waals surface area contributed by atoms with Gasteiger partial charge in [-0.05, 0) is 24.6 Å². The first-order valence-electron chi connectivity index (χ1n) is 5.02. The molecule has 0 aliphatic carbocycles. The van der Waals surface area contributed by atoms with E-state index in [-0.39, 0.29) is 10.7 Å². The number of ether oxygens (including phenoxy) is 1. The summed E-state index contributed by atoms with van der Waals surface area (Å²) in [5.41, 5.74) is 1.22. The van der Waals surface area contributed by atoms with E-state index in [0.717, 1.165) is 5.56 Å². The summed E-state index contributed by atoms with van der Waals surface area (Å²) in [6.07, 6.45) is 0. The van der Waals surface area contributed by atoms with Gasteiger partial charge in [0, 0.05) is 5.39 Å². The van der Waals surface area contributed by atoms with Gasteiger partial charge in [0.1, 0.15) is 10.7 Å². The predicted molar refractivity (Wildman–Crippen MR) is 70.0 cm³/mol. The van der Waals surface area contributed by atoms with E-state index in [2.05, 4.69) is 4.98 Å². The number of pyridine rings is 1. The summed E-state index contributed by atoms with van der Waals surface area (Å²) in [5, 5.41) is 9.99. The summed E-state index contributed by atoms with van der Waals surface area (Å²) >= 11 is 11.9. The lowest BCUT2D eigenvalue weighted by Gasteiger charge is -2.11. The number of halogens is 2. The van der Waals surface area contributed by atoms with Gasteiger partial charge in [-0.2, -0.15) is 0 Å². The SMILES string of the molecule is COc1c(Cl)cc(C)c2cc(C(=O)O)c(Cl)nc12. The molecule has 0 fully saturated rings. The maximum absolute atomic E-state index is 11.0. The average Bonchev–Trinajstić information content (AvgIpc) is 2.28. The highest BCUT2D eigenvalue weighted by atomic mass is 35.5. The second-order valence-corrected chi connectivity index (χ2v) is 4.50. The molecule has 0 saturated carbocycles. The molecule has 0 saturated heterocycles. The van der Waals surface area contributed by atoms with Crippen molar-refractivity contribution in [1.82, 2.24) is 4.98 Å². The van der Waals surface area contributed by atoms with Crippen LogP contribution in [-0.2, 0) is 0 Å². The highest BCUT2D eigenvalue weighted by molar-refractivity contribution is 6.34. The number of carboxylic acids is 1. The van der Waals surface area contributed by atoms with Crippen LogP contribution in [0.1, 0.15) is 15.9 Å². The quantitative estimate of drug-likeness (QED) is 0.857. The molecule has 2 rings (SSSR count). The van der Waals surface area contributed by atoms with E-state index in [4.69, 9.17) is 33.0 Å². The van der Waals surface area contributed by atoms with Crippen molar-refractivity contribution in [2.75, 3.05) is 7.11 Å². The first kappa shape index (κ1) is 12.9. The fourth-order valence-corrected chi connectivity index (χ4v) is 2.31. The normalized spacial score (nSPS) is 10.7. The molecule has 94 valence electrons. The zero-order valence-electron chi connectivity index (χ0n) is 9.62. The van der Waals surface area contributed by atoms with Crippen molar-refractivity contribution in [1.29, 1.82) is 0 Å². The highest BCUT2D eigenvalue weighted by Gasteiger charge is 2.17. The minimum Gasteiger partial charge on any atom is -0.493 e. The second kappa shape index (κ2) is 4.63. The molecule has 1 aromatic carbocycles. The van der Waals surface area contributed by atoms with Gasteiger partial charge in [-0.25, -0.2) is 9.78 Å². The zero-order chi connectivity index (χ0) is 13.4. The summed E-state index contributed by atoms with van der Waals surface area (Å²) in [4.78, 5) is 15.1. The Labute approximate surface area is 113 Å². The van der Waals surface area contributed by atoms with Crippen molar-refractivity contribution in [2.24, 2.45) is 0 Å². The maximum atomic E-state index is 11.0. The van der Waals surface area contributed by atoms with Crippen LogP contribution in [-0.4, -0.2) is 23.2 Å². The maximum Gasteiger partial charge on any atom is 0.338 e. The van der Waals surface area contributed by atoms with Gasteiger partial charge in [-0.3, -0.25) is 0 Å². The molecule has 1 N–H and O–H groups in total. The fraction of sp³-hybridized carbons (Fsp3) is 0.167. The molecular weight excluding hydrogens is 277 g/mol. The van der Waals surface area contributed by atoms with Crippen molar-refractivity contribution >= 4 is 40.1 Å². The minimum absolute atomic E-state index is 0.0448. The Bertz CT molecular complexity index is 656. The van der Waals surface area contributed by atoms with Crippen LogP contribution < -0.4 is 4.74 Å². The van der Waals surface area contributed by atoms with E-state index in [1.807, 2.05) is 6.92 Å². The smallest absolute Gasteiger partial charge is 0.338 e. The molecule has 0 bridgehead atoms. The van der Waals surface area contributed by atoms with Crippen LogP contribution in [0.5, 0.6) is 5.75 Å². The summed E-state index contributed by atoms with van der Waals surface area (Å²) in [6, 6.07) is 3.17. The molecule has 0 atom stereocenters. The van der Waals surface area contributed by atoms with Gasteiger partial charge < -0.3 is 9.84 Å². The Kier molecular flexibility index (Phi) is 3.32. The fourth-order valence-electron chi connectivity index (χ4n) is 1.76. The van der Waals surface area contributed by atoms with Crippen LogP contribution >= 0.6 is 23.2 Å². The van der Waals surface area contributed by atoms with Crippen LogP contribution in [0.15, 0.2) is 12.1 Å². The van der Waals surface area contributed by atoms with Crippen LogP contribution in [0, 0.1) is 6.92 Å². The van der Waals surface area contributed by atoms with Gasteiger partial charge in [-0.1, -0.05) is 23.2 Å². The van der Waals surface area contributed by atoms with Gasteiger partial charge >= 0.3 is 5.97 Å². The van der Waals surface area contributed by atoms with Crippen molar-refractivity contribution in [3.63, 3.8) is 0 Å². The molecule has 0 aliphatic rings. The number of aromatic nitrogens is 1. The molecule has 6 heteroatoms. The van der Waals surface area contributed by atoms with Gasteiger partial charge in [-0.15, -0.1) is 0 Å². The van der Waals surface area contributed by atoms with E-state index < -0.39 is 5.97 Å². The van der Waals surface area contributed by atoms with Crippen molar-refractivity contribution in [3.05, 3.63) is 33.4 Å². The third-order valence-electron chi connectivity index (χ3n) is 2.61. The summed E-state index contributed by atoms with van der Waals surface area (Å²) < 4.78 is 5.17. The standard InChI is InChI=1S/C12H9Cl2NO3/c1-5-3-8(13)10(18-2)9-6(5)4-7(12(16)17)11(14)15-9/h3-4H,1-2H3,(H,16,17). The lowest BCUT2D eigenvalue weighted by molar-refractivity contribution is 0.0697. The van der Waals surface area contributed by atoms with E-state index in [1.165, 1.54) is 13.2 Å². The third kappa shape index (κ3) is 1.98. The molecule has 0 amide bonds. The van der Waals surface area contributed by atoms with E-state index >= 15 is 0 Å². The Hall–Kier alpha value is -1.52. The van der Waals surface area contributed by atoms with Crippen molar-refractivity contribution in [3.8, 4) is 5.75 Å². The molecule has 1 heterocycles. The van der Waals surface area contributed by atoms with Crippen LogP contribution in [0.4, 0.5) is 0 Å². The largest absolute Gasteiger partial charge is 0.493 e. The Morgan fingerprint density at radius 3 is 2.61 bits per heavy atom. The molecule has 0 unspecified atom stereocenters. The molecule has 2 aromatic rings. The number of methoxy groups -OCH3 is 1. The van der Waals surface area contributed by atoms with E-state index in [9.17, 15) is 4.79 Å². The minimum atomic E-state index is -1.12. The number of rotatable bonds is 2. The van der Waals surface area contributed by atoms with Crippen LogP contribution in [0.3, 0.4) is 0 Å². The molecule has 4 nitrogen and oxygen atoms in total. The second-order valence-electron chi connectivity index (χ2n) is 3.74. The number of nitrogens with zero attached hydrogens (tertiary/aromatic N) is 1. The topological polar surface area (TPSA) is 59.4 Å². The lowest BCUT2D eigenvalue weighted by Crippen LogP contribution is -2.01. The predicted octanol–water partition coefficient (Wildman–Crippen LogP) is 3.56. The Morgan fingerprint density at radius 2 is 2.06 bits per heavy atom. The van der Waals surface area contributed by atoms with Crippen molar-refractivity contribution in [2.45, 2.75) is 6.92 Å². The highest BCUT2D eigenvalue weighted by Crippen LogP contribution is 2.36. The van der Waals surface area contributed by atoms with Gasteiger partial charge in [0.2, 0.25) is 0 Å². The average molecular weight is 286 g/mol. The number of hydrogen-bond donors (Lipinski definition) is 1. The number of carboxylic acid groups (broad SMARTS) is 1. The summed E-state index contributed by atoms with van der Waals surface area (Å²) in [7, 11) is 1.47. The Balaban J connectivity index is 2.91. The monoisotopic (exact) mass is 285 g/mol. The molecule has 0 aliphatic heterocycles. The zero-order valence-corrected chi connectivity index (χ0v) is 11.1. The molecule has 1 aromatic heterocycles. The Morgan fingerprint density at radius 1 is 1.39 bits per heavy atom. The van der Waals surface area contributed by atoms with E-state index in [1.54, 1.807) is 6.07 Å². The third-order valence-corrected chi connectivity index (χ3v) is 3.18. The van der Waals surface area contributed by atoms with Gasteiger partial charge in [0.05, 0.1) is 17.7 Å². The molecular formula is C12H9Cl2NO3. The van der Waals surface area contributed by atoms with Crippen LogP contribution in [0.2, 0.25) is 10.2 Å². The number of benzene rings is 1. The van der Waals surface area contributed by atoms with Gasteiger partial charge in [0.15, 0.2) is 5.75 Å². The summed E-state index contributed by atoms with van der Waals surface area (Å²) in [5.74, 6) is -0.737. The number of fused-ring (bicyclic) bond motifs is 1.